The van der Waals surface area contributed by atoms with Crippen molar-refractivity contribution in [2.75, 3.05) is 6.54 Å². The fraction of sp³-hybridized carbons (Fsp3) is 0.222. The first-order valence-electron chi connectivity index (χ1n) is 7.89. The van der Waals surface area contributed by atoms with Crippen LogP contribution in [-0.4, -0.2) is 37.1 Å². The molecule has 1 aliphatic rings. The number of carbonyl (C=O) groups excluding carboxylic acids is 2. The minimum atomic E-state index is -3.96. The molecule has 0 fully saturated rings. The summed E-state index contributed by atoms with van der Waals surface area (Å²) in [5.74, 6) is -1.17. The first-order chi connectivity index (χ1) is 11.9. The van der Waals surface area contributed by atoms with Crippen LogP contribution in [0.4, 0.5) is 0 Å². The van der Waals surface area contributed by atoms with Gasteiger partial charge in [-0.25, -0.2) is 12.7 Å². The van der Waals surface area contributed by atoms with E-state index in [0.717, 1.165) is 5.56 Å². The molecule has 1 N–H and O–H groups in total. The third kappa shape index (κ3) is 3.41. The smallest absolute Gasteiger partial charge is 0.269 e. The summed E-state index contributed by atoms with van der Waals surface area (Å²) < 4.78 is 25.5. The maximum atomic E-state index is 12.4. The van der Waals surface area contributed by atoms with Gasteiger partial charge in [0.15, 0.2) is 0 Å². The first kappa shape index (κ1) is 17.2. The van der Waals surface area contributed by atoms with Crippen molar-refractivity contribution in [3.8, 4) is 0 Å². The van der Waals surface area contributed by atoms with Gasteiger partial charge in [-0.05, 0) is 31.0 Å². The lowest BCUT2D eigenvalue weighted by molar-refractivity contribution is -0.121. The summed E-state index contributed by atoms with van der Waals surface area (Å²) in [6.45, 7) is 1.31. The van der Waals surface area contributed by atoms with Gasteiger partial charge in [0.05, 0.1) is 5.56 Å². The van der Waals surface area contributed by atoms with E-state index in [9.17, 15) is 18.0 Å². The third-order valence-corrected chi connectivity index (χ3v) is 5.78. The maximum absolute atomic E-state index is 12.4. The third-order valence-electron chi connectivity index (χ3n) is 3.99. The average Bonchev–Trinajstić information content (AvgIpc) is 2.77. The van der Waals surface area contributed by atoms with Gasteiger partial charge >= 0.3 is 0 Å². The molecule has 0 aromatic heterocycles. The second-order valence-electron chi connectivity index (χ2n) is 5.97. The molecular formula is C18H18N2O4S. The zero-order valence-corrected chi connectivity index (χ0v) is 14.5. The average molecular weight is 358 g/mol. The molecule has 2 amide bonds. The molecule has 1 aliphatic heterocycles. The summed E-state index contributed by atoms with van der Waals surface area (Å²) >= 11 is 0. The van der Waals surface area contributed by atoms with Gasteiger partial charge in [0.25, 0.3) is 15.9 Å². The standard InChI is InChI=1S/C18H18N2O4S/c1-13(11-14-7-3-2-4-8-14)19-17(21)12-20-18(22)15-9-5-6-10-16(15)25(20,23)24/h2-10,13H,11-12H2,1H3,(H,19,21)/t13-/m1/s1. The number of hydrogen-bond acceptors (Lipinski definition) is 4. The highest BCUT2D eigenvalue weighted by Crippen LogP contribution is 2.29. The topological polar surface area (TPSA) is 83.6 Å². The fourth-order valence-electron chi connectivity index (χ4n) is 2.86. The van der Waals surface area contributed by atoms with Crippen molar-refractivity contribution in [3.05, 3.63) is 65.7 Å². The van der Waals surface area contributed by atoms with Gasteiger partial charge in [0.2, 0.25) is 5.91 Å². The van der Waals surface area contributed by atoms with E-state index >= 15 is 0 Å². The van der Waals surface area contributed by atoms with Crippen molar-refractivity contribution < 1.29 is 18.0 Å². The molecular weight excluding hydrogens is 340 g/mol. The Morgan fingerprint density at radius 1 is 1.08 bits per heavy atom. The molecule has 0 spiro atoms. The van der Waals surface area contributed by atoms with E-state index < -0.39 is 28.4 Å². The Balaban J connectivity index is 1.67. The van der Waals surface area contributed by atoms with Gasteiger partial charge in [0, 0.05) is 6.04 Å². The fourth-order valence-corrected chi connectivity index (χ4v) is 4.38. The SMILES string of the molecule is C[C@H](Cc1ccccc1)NC(=O)CN1C(=O)c2ccccc2S1(=O)=O. The number of rotatable bonds is 5. The second kappa shape index (κ2) is 6.68. The van der Waals surface area contributed by atoms with Crippen molar-refractivity contribution in [1.82, 2.24) is 9.62 Å². The molecule has 0 radical (unpaired) electrons. The lowest BCUT2D eigenvalue weighted by Gasteiger charge is -2.18. The number of amides is 2. The van der Waals surface area contributed by atoms with Crippen LogP contribution < -0.4 is 5.32 Å². The van der Waals surface area contributed by atoms with Crippen LogP contribution in [0.2, 0.25) is 0 Å². The van der Waals surface area contributed by atoms with E-state index in [0.29, 0.717) is 10.7 Å². The molecule has 2 aromatic rings. The van der Waals surface area contributed by atoms with E-state index in [4.69, 9.17) is 0 Å². The summed E-state index contributed by atoms with van der Waals surface area (Å²) in [6, 6.07) is 15.4. The first-order valence-corrected chi connectivity index (χ1v) is 9.33. The Labute approximate surface area is 146 Å². The molecule has 0 saturated heterocycles. The lowest BCUT2D eigenvalue weighted by atomic mass is 10.1. The molecule has 1 atom stereocenters. The number of nitrogens with zero attached hydrogens (tertiary/aromatic N) is 1. The van der Waals surface area contributed by atoms with Gasteiger partial charge in [-0.15, -0.1) is 0 Å². The number of benzene rings is 2. The quantitative estimate of drug-likeness (QED) is 0.880. The van der Waals surface area contributed by atoms with Crippen molar-refractivity contribution in [1.29, 1.82) is 0 Å². The van der Waals surface area contributed by atoms with Crippen LogP contribution >= 0.6 is 0 Å². The Bertz CT molecular complexity index is 910. The minimum Gasteiger partial charge on any atom is -0.352 e. The number of nitrogens with one attached hydrogen (secondary N) is 1. The largest absolute Gasteiger partial charge is 0.352 e. The number of hydrogen-bond donors (Lipinski definition) is 1. The molecule has 0 bridgehead atoms. The van der Waals surface area contributed by atoms with Crippen molar-refractivity contribution in [3.63, 3.8) is 0 Å². The predicted molar refractivity (Wildman–Crippen MR) is 92.4 cm³/mol. The maximum Gasteiger partial charge on any atom is 0.269 e. The second-order valence-corrected chi connectivity index (χ2v) is 7.80. The number of carbonyl (C=O) groups is 2. The van der Waals surface area contributed by atoms with E-state index in [1.807, 2.05) is 37.3 Å². The minimum absolute atomic E-state index is 0.0508. The van der Waals surface area contributed by atoms with Crippen LogP contribution in [0.15, 0.2) is 59.5 Å². The highest BCUT2D eigenvalue weighted by Gasteiger charge is 2.41. The number of sulfonamides is 1. The van der Waals surface area contributed by atoms with Crippen molar-refractivity contribution >= 4 is 21.8 Å². The lowest BCUT2D eigenvalue weighted by Crippen LogP contribution is -2.43. The monoisotopic (exact) mass is 358 g/mol. The highest BCUT2D eigenvalue weighted by atomic mass is 32.2. The molecule has 130 valence electrons. The van der Waals surface area contributed by atoms with Gasteiger partial charge in [-0.3, -0.25) is 9.59 Å². The molecule has 0 unspecified atom stereocenters. The number of fused-ring (bicyclic) bond motifs is 1. The van der Waals surface area contributed by atoms with E-state index in [2.05, 4.69) is 5.32 Å². The molecule has 25 heavy (non-hydrogen) atoms. The zero-order chi connectivity index (χ0) is 18.0. The van der Waals surface area contributed by atoms with Crippen LogP contribution in [0.25, 0.3) is 0 Å². The highest BCUT2D eigenvalue weighted by molar-refractivity contribution is 7.90. The van der Waals surface area contributed by atoms with Crippen LogP contribution in [-0.2, 0) is 21.2 Å². The van der Waals surface area contributed by atoms with Crippen LogP contribution in [0.1, 0.15) is 22.8 Å². The summed E-state index contributed by atoms with van der Waals surface area (Å²) in [7, 11) is -3.96. The van der Waals surface area contributed by atoms with Crippen molar-refractivity contribution in [2.45, 2.75) is 24.3 Å². The van der Waals surface area contributed by atoms with Gasteiger partial charge in [0.1, 0.15) is 11.4 Å². The Morgan fingerprint density at radius 2 is 1.72 bits per heavy atom. The van der Waals surface area contributed by atoms with E-state index in [1.165, 1.54) is 12.1 Å². The Hall–Kier alpha value is -2.67. The Kier molecular flexibility index (Phi) is 4.59. The summed E-state index contributed by atoms with van der Waals surface area (Å²) in [4.78, 5) is 24.5. The predicted octanol–water partition coefficient (Wildman–Crippen LogP) is 1.58. The van der Waals surface area contributed by atoms with Crippen molar-refractivity contribution in [2.24, 2.45) is 0 Å². The normalized spacial score (nSPS) is 16.4. The van der Waals surface area contributed by atoms with Crippen LogP contribution in [0.3, 0.4) is 0 Å². The molecule has 7 heteroatoms. The molecule has 3 rings (SSSR count). The Morgan fingerprint density at radius 3 is 2.40 bits per heavy atom. The molecule has 2 aromatic carbocycles. The zero-order valence-electron chi connectivity index (χ0n) is 13.7. The summed E-state index contributed by atoms with van der Waals surface area (Å²) in [6.07, 6.45) is 0.619. The van der Waals surface area contributed by atoms with E-state index in [1.54, 1.807) is 12.1 Å². The van der Waals surface area contributed by atoms with Gasteiger partial charge < -0.3 is 5.32 Å². The van der Waals surface area contributed by atoms with E-state index in [-0.39, 0.29) is 16.5 Å². The van der Waals surface area contributed by atoms with Gasteiger partial charge in [-0.1, -0.05) is 42.5 Å². The molecule has 0 aliphatic carbocycles. The van der Waals surface area contributed by atoms with Crippen LogP contribution in [0.5, 0.6) is 0 Å². The molecule has 1 heterocycles. The van der Waals surface area contributed by atoms with Gasteiger partial charge in [-0.2, -0.15) is 0 Å². The van der Waals surface area contributed by atoms with Crippen LogP contribution in [0, 0.1) is 0 Å². The molecule has 0 saturated carbocycles. The summed E-state index contributed by atoms with van der Waals surface area (Å²) in [5, 5.41) is 2.74. The summed E-state index contributed by atoms with van der Waals surface area (Å²) in [5.41, 5.74) is 1.17. The molecule has 6 nitrogen and oxygen atoms in total.